The molecule has 0 amide bonds. The molecule has 4 nitrogen and oxygen atoms in total. The zero-order valence-electron chi connectivity index (χ0n) is 34.1. The van der Waals surface area contributed by atoms with E-state index in [0.717, 1.165) is 61.3 Å². The molecule has 0 aliphatic rings. The van der Waals surface area contributed by atoms with Gasteiger partial charge in [0.2, 0.25) is 0 Å². The molecule has 0 bridgehead atoms. The molecular weight excluding hydrogens is 815 g/mol. The molecule has 0 aliphatic carbocycles. The van der Waals surface area contributed by atoms with Crippen molar-refractivity contribution in [1.82, 2.24) is 14.5 Å². The Morgan fingerprint density at radius 1 is 0.673 bits per heavy atom. The summed E-state index contributed by atoms with van der Waals surface area (Å²) in [6, 6.07) is 52.5. The standard InChI is InChI=1S/C34H23N2O.C13H12N.Ir/c1-23-20-27(24-12-4-2-5-13-24)33(28(21-23)25-14-6-3-7-15-25)36-31-18-10-9-17-30(31)35-34(36)29-22-37-32-19-11-8-16-26(29)32;1-10-3-6-12(7-4-10)13-8-5-11(2)9-14-13;/h2-21H,1H3;3-6,8-9H,1-2H3;/q2*-1;/i;1D3,2D3;. The van der Waals surface area contributed by atoms with Gasteiger partial charge in [-0.25, -0.2) is 0 Å². The fourth-order valence-corrected chi connectivity index (χ4v) is 6.34. The molecule has 0 atom stereocenters. The van der Waals surface area contributed by atoms with E-state index in [1.54, 1.807) is 12.1 Å². The molecule has 3 heterocycles. The Morgan fingerprint density at radius 3 is 1.98 bits per heavy atom. The molecule has 0 saturated heterocycles. The minimum atomic E-state index is -2.18. The number of benzene rings is 6. The first-order valence-electron chi connectivity index (χ1n) is 19.6. The molecule has 5 heteroatoms. The van der Waals surface area contributed by atoms with Gasteiger partial charge in [-0.2, -0.15) is 0 Å². The van der Waals surface area contributed by atoms with E-state index < -0.39 is 13.7 Å². The van der Waals surface area contributed by atoms with Crippen LogP contribution in [0.4, 0.5) is 0 Å². The summed E-state index contributed by atoms with van der Waals surface area (Å²) in [6.45, 7) is -2.18. The average molecular weight is 856 g/mol. The van der Waals surface area contributed by atoms with E-state index >= 15 is 0 Å². The maximum Gasteiger partial charge on any atom is 0.0774 e. The van der Waals surface area contributed by atoms with Crippen LogP contribution in [0.3, 0.4) is 0 Å². The third kappa shape index (κ3) is 6.89. The first-order valence-corrected chi connectivity index (χ1v) is 16.6. The van der Waals surface area contributed by atoms with Crippen molar-refractivity contribution in [3.05, 3.63) is 187 Å². The number of aromatic nitrogens is 3. The van der Waals surface area contributed by atoms with Gasteiger partial charge in [0, 0.05) is 57.5 Å². The molecule has 0 unspecified atom stereocenters. The maximum atomic E-state index is 7.28. The largest absolute Gasteiger partial charge is 0.557 e. The van der Waals surface area contributed by atoms with E-state index in [0.29, 0.717) is 11.3 Å². The molecule has 0 N–H and O–H groups in total. The van der Waals surface area contributed by atoms with Gasteiger partial charge in [-0.1, -0.05) is 121 Å². The van der Waals surface area contributed by atoms with Crippen molar-refractivity contribution in [1.29, 1.82) is 0 Å². The minimum Gasteiger partial charge on any atom is -0.557 e. The number of aryl methyl sites for hydroxylation is 3. The van der Waals surface area contributed by atoms with Crippen molar-refractivity contribution in [2.24, 2.45) is 0 Å². The second-order valence-corrected chi connectivity index (χ2v) is 12.2. The SMILES string of the molecule is Cc1cc(-c2ccccc2)c(-n2c(-c3[c-]oc4ccccc34)nc3ccccc32)c(-c2ccccc2)c1.[2H]C([2H])([2H])c1c[c-]c(-c2ccc(C([2H])([2H])[2H])cn2)cc1.[Ir]. The van der Waals surface area contributed by atoms with E-state index in [-0.39, 0.29) is 31.2 Å². The van der Waals surface area contributed by atoms with Crippen LogP contribution in [0.1, 0.15) is 24.9 Å². The van der Waals surface area contributed by atoms with E-state index in [4.69, 9.17) is 17.6 Å². The van der Waals surface area contributed by atoms with Crippen LogP contribution >= 0.6 is 0 Å². The molecule has 255 valence electrons. The Morgan fingerprint density at radius 2 is 1.33 bits per heavy atom. The molecule has 1 radical (unpaired) electrons. The summed E-state index contributed by atoms with van der Waals surface area (Å²) in [6.07, 6.45) is 4.47. The summed E-state index contributed by atoms with van der Waals surface area (Å²) in [5.41, 5.74) is 12.1. The molecule has 6 aromatic carbocycles. The van der Waals surface area contributed by atoms with Crippen molar-refractivity contribution in [3.63, 3.8) is 0 Å². The summed E-state index contributed by atoms with van der Waals surface area (Å²) in [5, 5.41) is 0.994. The number of para-hydroxylation sites is 3. The van der Waals surface area contributed by atoms with Gasteiger partial charge in [0.1, 0.15) is 0 Å². The first-order chi connectivity index (χ1) is 27.5. The predicted molar refractivity (Wildman–Crippen MR) is 209 cm³/mol. The summed E-state index contributed by atoms with van der Waals surface area (Å²) in [4.78, 5) is 9.22. The molecule has 0 aliphatic heterocycles. The van der Waals surface area contributed by atoms with Crippen LogP contribution in [-0.2, 0) is 20.1 Å². The zero-order chi connectivity index (χ0) is 39.7. The summed E-state index contributed by atoms with van der Waals surface area (Å²) in [5.74, 6) is 0.810. The monoisotopic (exact) mass is 856 g/mol. The van der Waals surface area contributed by atoms with Crippen molar-refractivity contribution in [3.8, 4) is 50.6 Å². The van der Waals surface area contributed by atoms with E-state index in [2.05, 4.69) is 126 Å². The van der Waals surface area contributed by atoms with Crippen LogP contribution in [0.25, 0.3) is 72.6 Å². The average Bonchev–Trinajstić information content (AvgIpc) is 3.83. The van der Waals surface area contributed by atoms with E-state index in [1.165, 1.54) is 30.0 Å². The summed E-state index contributed by atoms with van der Waals surface area (Å²) in [7, 11) is 0. The number of imidazole rings is 1. The Labute approximate surface area is 326 Å². The van der Waals surface area contributed by atoms with Crippen molar-refractivity contribution < 1.29 is 32.7 Å². The van der Waals surface area contributed by atoms with Crippen LogP contribution in [0.15, 0.2) is 162 Å². The molecule has 9 aromatic rings. The van der Waals surface area contributed by atoms with Crippen molar-refractivity contribution in [2.45, 2.75) is 20.6 Å². The van der Waals surface area contributed by atoms with E-state index in [9.17, 15) is 0 Å². The van der Waals surface area contributed by atoms with Crippen LogP contribution in [-0.4, -0.2) is 14.5 Å². The van der Waals surface area contributed by atoms with Gasteiger partial charge < -0.3 is 14.0 Å². The van der Waals surface area contributed by atoms with Crippen molar-refractivity contribution in [2.75, 3.05) is 0 Å². The molecule has 0 saturated carbocycles. The van der Waals surface area contributed by atoms with Crippen molar-refractivity contribution >= 4 is 22.0 Å². The smallest absolute Gasteiger partial charge is 0.0774 e. The fraction of sp³-hybridized carbons (Fsp3) is 0.0638. The molecule has 0 spiro atoms. The number of pyridine rings is 1. The van der Waals surface area contributed by atoms with Gasteiger partial charge in [-0.15, -0.1) is 41.5 Å². The van der Waals surface area contributed by atoms with Crippen LogP contribution in [0.2, 0.25) is 0 Å². The maximum absolute atomic E-state index is 7.28. The van der Waals surface area contributed by atoms with Crippen LogP contribution in [0, 0.1) is 33.0 Å². The van der Waals surface area contributed by atoms with Crippen LogP contribution in [0.5, 0.6) is 0 Å². The number of furan rings is 1. The van der Waals surface area contributed by atoms with Gasteiger partial charge in [0.05, 0.1) is 22.5 Å². The fourth-order valence-electron chi connectivity index (χ4n) is 6.34. The number of nitrogens with zero attached hydrogens (tertiary/aromatic N) is 3. The topological polar surface area (TPSA) is 43.9 Å². The number of hydrogen-bond acceptors (Lipinski definition) is 3. The number of rotatable bonds is 5. The van der Waals surface area contributed by atoms with E-state index in [1.807, 2.05) is 24.3 Å². The minimum absolute atomic E-state index is 0. The third-order valence-corrected chi connectivity index (χ3v) is 8.70. The van der Waals surface area contributed by atoms with Gasteiger partial charge in [-0.05, 0) is 66.0 Å². The third-order valence-electron chi connectivity index (χ3n) is 8.70. The Kier molecular flexibility index (Phi) is 8.11. The number of fused-ring (bicyclic) bond motifs is 2. The van der Waals surface area contributed by atoms with Gasteiger partial charge in [0.15, 0.2) is 0 Å². The van der Waals surface area contributed by atoms with Gasteiger partial charge in [-0.3, -0.25) is 4.98 Å². The second kappa shape index (κ2) is 15.2. The van der Waals surface area contributed by atoms with Gasteiger partial charge >= 0.3 is 0 Å². The first kappa shape index (κ1) is 27.8. The normalized spacial score (nSPS) is 13.0. The zero-order valence-corrected chi connectivity index (χ0v) is 30.5. The van der Waals surface area contributed by atoms with Gasteiger partial charge in [0.25, 0.3) is 0 Å². The summed E-state index contributed by atoms with van der Waals surface area (Å²) >= 11 is 0. The molecule has 3 aromatic heterocycles. The van der Waals surface area contributed by atoms with Crippen LogP contribution < -0.4 is 0 Å². The Balaban J connectivity index is 0.000000208. The second-order valence-electron chi connectivity index (χ2n) is 12.2. The Bertz CT molecular complexity index is 2700. The summed E-state index contributed by atoms with van der Waals surface area (Å²) < 4.78 is 51.8. The molecule has 52 heavy (non-hydrogen) atoms. The quantitative estimate of drug-likeness (QED) is 0.162. The molecule has 0 fully saturated rings. The predicted octanol–water partition coefficient (Wildman–Crippen LogP) is 12.0. The Hall–Kier alpha value is -5.87. The molecular formula is C47H35IrN3O-2. The number of hydrogen-bond donors (Lipinski definition) is 0. The molecule has 9 rings (SSSR count).